The molecule has 1 aromatic heterocycles. The van der Waals surface area contributed by atoms with Crippen molar-refractivity contribution in [3.63, 3.8) is 0 Å². The lowest BCUT2D eigenvalue weighted by molar-refractivity contribution is 0.620. The summed E-state index contributed by atoms with van der Waals surface area (Å²) < 4.78 is 15.3. The van der Waals surface area contributed by atoms with Crippen molar-refractivity contribution in [3.05, 3.63) is 51.8 Å². The highest BCUT2D eigenvalue weighted by molar-refractivity contribution is 6.43. The van der Waals surface area contributed by atoms with Crippen molar-refractivity contribution in [2.24, 2.45) is 0 Å². The largest absolute Gasteiger partial charge is 0.369 e. The third kappa shape index (κ3) is 1.92. The number of aryl methyl sites for hydroxylation is 1. The summed E-state index contributed by atoms with van der Waals surface area (Å²) in [5.41, 5.74) is 8.22. The number of imidazole rings is 1. The van der Waals surface area contributed by atoms with Crippen LogP contribution < -0.4 is 5.73 Å². The van der Waals surface area contributed by atoms with Gasteiger partial charge < -0.3 is 5.73 Å². The molecule has 3 rings (SSSR count). The predicted octanol–water partition coefficient (Wildman–Crippen LogP) is 4.36. The SMILES string of the molecule is Cc1cc2c(cc1F)nc(N)n2-c1cccc(Cl)c1Cl. The summed E-state index contributed by atoms with van der Waals surface area (Å²) in [6.07, 6.45) is 0. The minimum atomic E-state index is -0.320. The zero-order valence-corrected chi connectivity index (χ0v) is 12.0. The maximum atomic E-state index is 13.6. The van der Waals surface area contributed by atoms with Gasteiger partial charge in [-0.3, -0.25) is 4.57 Å². The van der Waals surface area contributed by atoms with Crippen LogP contribution in [0.4, 0.5) is 10.3 Å². The van der Waals surface area contributed by atoms with Gasteiger partial charge in [-0.05, 0) is 30.7 Å². The van der Waals surface area contributed by atoms with Gasteiger partial charge in [0.2, 0.25) is 5.95 Å². The van der Waals surface area contributed by atoms with E-state index in [4.69, 9.17) is 28.9 Å². The lowest BCUT2D eigenvalue weighted by atomic mass is 10.2. The topological polar surface area (TPSA) is 43.8 Å². The Morgan fingerprint density at radius 1 is 1.25 bits per heavy atom. The smallest absolute Gasteiger partial charge is 0.205 e. The Bertz CT molecular complexity index is 827. The fourth-order valence-electron chi connectivity index (χ4n) is 2.14. The Balaban J connectivity index is 2.39. The first kappa shape index (κ1) is 13.2. The van der Waals surface area contributed by atoms with Crippen molar-refractivity contribution >= 4 is 40.2 Å². The van der Waals surface area contributed by atoms with Crippen LogP contribution in [-0.4, -0.2) is 9.55 Å². The van der Waals surface area contributed by atoms with E-state index < -0.39 is 0 Å². The zero-order valence-electron chi connectivity index (χ0n) is 10.5. The zero-order chi connectivity index (χ0) is 14.4. The summed E-state index contributed by atoms with van der Waals surface area (Å²) in [4.78, 5) is 4.16. The van der Waals surface area contributed by atoms with Crippen molar-refractivity contribution in [3.8, 4) is 5.69 Å². The van der Waals surface area contributed by atoms with Crippen LogP contribution in [0.1, 0.15) is 5.56 Å². The fourth-order valence-corrected chi connectivity index (χ4v) is 2.52. The minimum absolute atomic E-state index is 0.231. The van der Waals surface area contributed by atoms with Gasteiger partial charge in [0, 0.05) is 6.07 Å². The molecule has 0 aliphatic carbocycles. The van der Waals surface area contributed by atoms with Gasteiger partial charge >= 0.3 is 0 Å². The number of nitrogen functional groups attached to an aromatic ring is 1. The summed E-state index contributed by atoms with van der Waals surface area (Å²) >= 11 is 12.2. The number of halogens is 3. The number of hydrogen-bond acceptors (Lipinski definition) is 2. The number of nitrogens with zero attached hydrogens (tertiary/aromatic N) is 2. The van der Waals surface area contributed by atoms with Crippen LogP contribution in [-0.2, 0) is 0 Å². The van der Waals surface area contributed by atoms with E-state index in [-0.39, 0.29) is 11.8 Å². The first-order chi connectivity index (χ1) is 9.49. The summed E-state index contributed by atoms with van der Waals surface area (Å²) in [5, 5.41) is 0.798. The summed E-state index contributed by atoms with van der Waals surface area (Å²) in [6.45, 7) is 1.68. The van der Waals surface area contributed by atoms with Gasteiger partial charge in [-0.1, -0.05) is 29.3 Å². The fraction of sp³-hybridized carbons (Fsp3) is 0.0714. The van der Waals surface area contributed by atoms with E-state index in [0.717, 1.165) is 0 Å². The van der Waals surface area contributed by atoms with Gasteiger partial charge in [0.25, 0.3) is 0 Å². The molecular weight excluding hydrogens is 300 g/mol. The summed E-state index contributed by atoms with van der Waals surface area (Å²) in [7, 11) is 0. The van der Waals surface area contributed by atoms with Crippen LogP contribution in [0.25, 0.3) is 16.7 Å². The molecule has 2 N–H and O–H groups in total. The van der Waals surface area contributed by atoms with Crippen LogP contribution in [0.2, 0.25) is 10.0 Å². The van der Waals surface area contributed by atoms with Crippen LogP contribution in [0.15, 0.2) is 30.3 Å². The normalized spacial score (nSPS) is 11.2. The number of nitrogens with two attached hydrogens (primary N) is 1. The second-order valence-corrected chi connectivity index (χ2v) is 5.25. The molecule has 0 unspecified atom stereocenters. The highest BCUT2D eigenvalue weighted by Crippen LogP contribution is 2.33. The van der Waals surface area contributed by atoms with E-state index in [0.29, 0.717) is 32.3 Å². The molecule has 0 fully saturated rings. The molecule has 6 heteroatoms. The number of fused-ring (bicyclic) bond motifs is 1. The molecule has 3 aromatic rings. The highest BCUT2D eigenvalue weighted by atomic mass is 35.5. The Morgan fingerprint density at radius 3 is 2.75 bits per heavy atom. The Hall–Kier alpha value is -1.78. The molecule has 0 saturated heterocycles. The average Bonchev–Trinajstić information content (AvgIpc) is 2.69. The van der Waals surface area contributed by atoms with E-state index in [9.17, 15) is 4.39 Å². The monoisotopic (exact) mass is 309 g/mol. The highest BCUT2D eigenvalue weighted by Gasteiger charge is 2.15. The number of rotatable bonds is 1. The standard InChI is InChI=1S/C14H10Cl2FN3/c1-7-5-12-10(6-9(7)17)19-14(18)20(12)11-4-2-3-8(15)13(11)16/h2-6H,1H3,(H2,18,19). The van der Waals surface area contributed by atoms with Gasteiger partial charge in [0.05, 0.1) is 26.8 Å². The van der Waals surface area contributed by atoms with Gasteiger partial charge in [-0.15, -0.1) is 0 Å². The van der Waals surface area contributed by atoms with Gasteiger partial charge in [-0.2, -0.15) is 0 Å². The van der Waals surface area contributed by atoms with Crippen LogP contribution >= 0.6 is 23.2 Å². The summed E-state index contributed by atoms with van der Waals surface area (Å²) in [6, 6.07) is 8.28. The number of benzene rings is 2. The Morgan fingerprint density at radius 2 is 2.00 bits per heavy atom. The molecule has 102 valence electrons. The lowest BCUT2D eigenvalue weighted by Crippen LogP contribution is -2.01. The molecule has 0 saturated carbocycles. The first-order valence-electron chi connectivity index (χ1n) is 5.87. The molecule has 0 radical (unpaired) electrons. The van der Waals surface area contributed by atoms with Gasteiger partial charge in [0.1, 0.15) is 5.82 Å². The molecule has 0 aliphatic heterocycles. The van der Waals surface area contributed by atoms with E-state index in [1.165, 1.54) is 6.07 Å². The maximum Gasteiger partial charge on any atom is 0.205 e. The summed E-state index contributed by atoms with van der Waals surface area (Å²) in [5.74, 6) is -0.0893. The second-order valence-electron chi connectivity index (χ2n) is 4.47. The second kappa shape index (κ2) is 4.65. The number of anilines is 1. The molecule has 0 amide bonds. The third-order valence-electron chi connectivity index (χ3n) is 3.13. The quantitative estimate of drug-likeness (QED) is 0.725. The van der Waals surface area contributed by atoms with Crippen molar-refractivity contribution in [1.82, 2.24) is 9.55 Å². The molecule has 0 aliphatic rings. The molecule has 20 heavy (non-hydrogen) atoms. The molecule has 2 aromatic carbocycles. The van der Waals surface area contributed by atoms with Crippen LogP contribution in [0, 0.1) is 12.7 Å². The van der Waals surface area contributed by atoms with Gasteiger partial charge in [-0.25, -0.2) is 9.37 Å². The van der Waals surface area contributed by atoms with Crippen molar-refractivity contribution < 1.29 is 4.39 Å². The number of hydrogen-bond donors (Lipinski definition) is 1. The molecule has 0 bridgehead atoms. The van der Waals surface area contributed by atoms with Gasteiger partial charge in [0.15, 0.2) is 0 Å². The average molecular weight is 310 g/mol. The van der Waals surface area contributed by atoms with E-state index >= 15 is 0 Å². The third-order valence-corrected chi connectivity index (χ3v) is 3.94. The molecule has 0 atom stereocenters. The molecule has 0 spiro atoms. The van der Waals surface area contributed by atoms with Crippen molar-refractivity contribution in [2.75, 3.05) is 5.73 Å². The molecule has 1 heterocycles. The van der Waals surface area contributed by atoms with Crippen LogP contribution in [0.5, 0.6) is 0 Å². The Labute approximate surface area is 124 Å². The van der Waals surface area contributed by atoms with Crippen LogP contribution in [0.3, 0.4) is 0 Å². The molecular formula is C14H10Cl2FN3. The molecule has 3 nitrogen and oxygen atoms in total. The minimum Gasteiger partial charge on any atom is -0.369 e. The maximum absolute atomic E-state index is 13.6. The van der Waals surface area contributed by atoms with E-state index in [1.54, 1.807) is 35.8 Å². The lowest BCUT2D eigenvalue weighted by Gasteiger charge is -2.10. The first-order valence-corrected chi connectivity index (χ1v) is 6.63. The number of aromatic nitrogens is 2. The Kier molecular flexibility index (Phi) is 3.07. The van der Waals surface area contributed by atoms with Crippen molar-refractivity contribution in [1.29, 1.82) is 0 Å². The van der Waals surface area contributed by atoms with E-state index in [1.807, 2.05) is 0 Å². The van der Waals surface area contributed by atoms with Crippen molar-refractivity contribution in [2.45, 2.75) is 6.92 Å². The van der Waals surface area contributed by atoms with E-state index in [2.05, 4.69) is 4.98 Å². The predicted molar refractivity (Wildman–Crippen MR) is 80.2 cm³/mol.